The monoisotopic (exact) mass is 99.0 g/mol. The van der Waals surface area contributed by atoms with Gasteiger partial charge in [0, 0.05) is 6.20 Å². The Bertz CT molecular complexity index is 117. The highest BCUT2D eigenvalue weighted by Crippen LogP contribution is 1.92. The minimum atomic E-state index is -0.414. The van der Waals surface area contributed by atoms with Gasteiger partial charge in [0.05, 0.1) is 0 Å². The number of nitrogens with zero attached hydrogens (tertiary/aromatic N) is 1. The highest BCUT2D eigenvalue weighted by atomic mass is 19.1. The van der Waals surface area contributed by atoms with Crippen LogP contribution in [0.25, 0.3) is 0 Å². The van der Waals surface area contributed by atoms with E-state index in [0.717, 1.165) is 0 Å². The molecule has 0 atom stereocenters. The van der Waals surface area contributed by atoms with Crippen LogP contribution in [0.2, 0.25) is 0 Å². The van der Waals surface area contributed by atoms with E-state index in [1.165, 1.54) is 18.4 Å². The van der Waals surface area contributed by atoms with Gasteiger partial charge in [-0.15, -0.1) is 0 Å². The molecule has 1 aliphatic heterocycles. The van der Waals surface area contributed by atoms with Crippen molar-refractivity contribution in [1.82, 2.24) is 10.9 Å². The molecule has 2 nitrogen and oxygen atoms in total. The molecule has 0 aromatic heterocycles. The third kappa shape index (κ3) is 0.924. The van der Waals surface area contributed by atoms with Gasteiger partial charge in [-0.1, -0.05) is 0 Å². The lowest BCUT2D eigenvalue weighted by molar-refractivity contribution is 0.504. The SMILES string of the molecule is FC1=CC=C[N]N1. The van der Waals surface area contributed by atoms with Gasteiger partial charge in [-0.3, -0.25) is 5.43 Å². The van der Waals surface area contributed by atoms with Gasteiger partial charge in [0.2, 0.25) is 5.95 Å². The van der Waals surface area contributed by atoms with Crippen LogP contribution in [-0.2, 0) is 0 Å². The molecule has 0 amide bonds. The Morgan fingerprint density at radius 1 is 1.71 bits per heavy atom. The van der Waals surface area contributed by atoms with E-state index in [1.54, 1.807) is 0 Å². The van der Waals surface area contributed by atoms with Crippen molar-refractivity contribution >= 4 is 0 Å². The fourth-order valence-corrected chi connectivity index (χ4v) is 0.307. The molecule has 0 bridgehead atoms. The van der Waals surface area contributed by atoms with Crippen LogP contribution >= 0.6 is 0 Å². The fourth-order valence-electron chi connectivity index (χ4n) is 0.307. The molecule has 0 saturated carbocycles. The first-order chi connectivity index (χ1) is 3.39. The van der Waals surface area contributed by atoms with Crippen LogP contribution in [0, 0.1) is 0 Å². The molecule has 1 rings (SSSR count). The van der Waals surface area contributed by atoms with Crippen LogP contribution in [0.15, 0.2) is 24.3 Å². The van der Waals surface area contributed by atoms with Crippen molar-refractivity contribution in [3.63, 3.8) is 0 Å². The van der Waals surface area contributed by atoms with Crippen LogP contribution < -0.4 is 10.9 Å². The summed E-state index contributed by atoms with van der Waals surface area (Å²) in [6, 6.07) is 0. The van der Waals surface area contributed by atoms with Crippen molar-refractivity contribution in [2.24, 2.45) is 0 Å². The Morgan fingerprint density at radius 3 is 2.86 bits per heavy atom. The van der Waals surface area contributed by atoms with Gasteiger partial charge in [0.15, 0.2) is 0 Å². The molecule has 3 heteroatoms. The average Bonchev–Trinajstić information content (AvgIpc) is 1.69. The molecule has 0 aromatic carbocycles. The summed E-state index contributed by atoms with van der Waals surface area (Å²) >= 11 is 0. The second kappa shape index (κ2) is 1.64. The van der Waals surface area contributed by atoms with E-state index in [0.29, 0.717) is 0 Å². The zero-order valence-electron chi connectivity index (χ0n) is 3.56. The summed E-state index contributed by atoms with van der Waals surface area (Å²) in [6.45, 7) is 0. The van der Waals surface area contributed by atoms with Crippen molar-refractivity contribution in [2.75, 3.05) is 0 Å². The highest BCUT2D eigenvalue weighted by Gasteiger charge is 1.90. The molecule has 37 valence electrons. The van der Waals surface area contributed by atoms with Crippen molar-refractivity contribution < 1.29 is 4.39 Å². The number of rotatable bonds is 0. The summed E-state index contributed by atoms with van der Waals surface area (Å²) in [5.74, 6) is -0.414. The minimum absolute atomic E-state index is 0.414. The van der Waals surface area contributed by atoms with Gasteiger partial charge in [-0.25, -0.2) is 0 Å². The second-order valence-electron chi connectivity index (χ2n) is 1.10. The lowest BCUT2D eigenvalue weighted by atomic mass is 10.5. The normalized spacial score (nSPS) is 17.0. The van der Waals surface area contributed by atoms with Crippen LogP contribution in [0.3, 0.4) is 0 Å². The average molecular weight is 99.1 g/mol. The summed E-state index contributed by atoms with van der Waals surface area (Å²) in [7, 11) is 0. The van der Waals surface area contributed by atoms with Crippen LogP contribution in [-0.4, -0.2) is 0 Å². The van der Waals surface area contributed by atoms with Crippen molar-refractivity contribution in [1.29, 1.82) is 0 Å². The molecule has 0 aliphatic carbocycles. The topological polar surface area (TPSA) is 26.1 Å². The Balaban J connectivity index is 2.57. The van der Waals surface area contributed by atoms with Gasteiger partial charge in [0.25, 0.3) is 0 Å². The van der Waals surface area contributed by atoms with Crippen LogP contribution in [0.1, 0.15) is 0 Å². The fraction of sp³-hybridized carbons (Fsp3) is 0. The zero-order valence-corrected chi connectivity index (χ0v) is 3.56. The summed E-state index contributed by atoms with van der Waals surface area (Å²) in [4.78, 5) is 0. The molecule has 1 aliphatic rings. The molecule has 0 fully saturated rings. The van der Waals surface area contributed by atoms with Gasteiger partial charge < -0.3 is 0 Å². The first kappa shape index (κ1) is 4.18. The van der Waals surface area contributed by atoms with E-state index in [-0.39, 0.29) is 0 Å². The smallest absolute Gasteiger partial charge is 0.207 e. The van der Waals surface area contributed by atoms with Crippen LogP contribution in [0.5, 0.6) is 0 Å². The van der Waals surface area contributed by atoms with Crippen LogP contribution in [0.4, 0.5) is 4.39 Å². The quantitative estimate of drug-likeness (QED) is 0.438. The third-order valence-corrected chi connectivity index (χ3v) is 0.575. The lowest BCUT2D eigenvalue weighted by Crippen LogP contribution is -2.18. The zero-order chi connectivity index (χ0) is 5.11. The molecule has 0 unspecified atom stereocenters. The Morgan fingerprint density at radius 2 is 2.57 bits per heavy atom. The van der Waals surface area contributed by atoms with Gasteiger partial charge in [-0.05, 0) is 12.2 Å². The predicted molar refractivity (Wildman–Crippen MR) is 23.6 cm³/mol. The summed E-state index contributed by atoms with van der Waals surface area (Å²) in [5, 5.41) is 0. The molecule has 1 N–H and O–H groups in total. The van der Waals surface area contributed by atoms with Crippen molar-refractivity contribution in [2.45, 2.75) is 0 Å². The maximum atomic E-state index is 11.8. The maximum Gasteiger partial charge on any atom is 0.207 e. The molecule has 1 radical (unpaired) electrons. The first-order valence-corrected chi connectivity index (χ1v) is 1.88. The molecule has 7 heavy (non-hydrogen) atoms. The predicted octanol–water partition coefficient (Wildman–Crippen LogP) is 0.434. The van der Waals surface area contributed by atoms with E-state index in [2.05, 4.69) is 10.9 Å². The molecule has 0 aromatic rings. The number of allylic oxidation sites excluding steroid dienone is 2. The Labute approximate surface area is 40.7 Å². The number of halogens is 1. The second-order valence-corrected chi connectivity index (χ2v) is 1.10. The van der Waals surface area contributed by atoms with E-state index in [4.69, 9.17) is 0 Å². The number of hydrogen-bond acceptors (Lipinski definition) is 1. The third-order valence-electron chi connectivity index (χ3n) is 0.575. The molecule has 0 saturated heterocycles. The molecular formula is C4H4FN2. The van der Waals surface area contributed by atoms with Crippen molar-refractivity contribution in [3.05, 3.63) is 24.3 Å². The number of hydrogen-bond donors (Lipinski definition) is 1. The maximum absolute atomic E-state index is 11.8. The van der Waals surface area contributed by atoms with E-state index in [9.17, 15) is 4.39 Å². The molecule has 0 spiro atoms. The summed E-state index contributed by atoms with van der Waals surface area (Å²) in [6.07, 6.45) is 4.29. The standard InChI is InChI=1S/C4H4FN2/c5-4-2-1-3-6-7-4/h1-3,7H. The van der Waals surface area contributed by atoms with Gasteiger partial charge in [-0.2, -0.15) is 9.82 Å². The molecule has 1 heterocycles. The Hall–Kier alpha value is -0.990. The summed E-state index contributed by atoms with van der Waals surface area (Å²) in [5.41, 5.74) is 5.50. The summed E-state index contributed by atoms with van der Waals surface area (Å²) < 4.78 is 11.8. The Kier molecular flexibility index (Phi) is 0.978. The largest absolute Gasteiger partial charge is 0.253 e. The highest BCUT2D eigenvalue weighted by molar-refractivity contribution is 5.07. The number of nitrogens with one attached hydrogen (secondary N) is 1. The first-order valence-electron chi connectivity index (χ1n) is 1.88. The van der Waals surface area contributed by atoms with E-state index in [1.807, 2.05) is 0 Å². The van der Waals surface area contributed by atoms with Gasteiger partial charge >= 0.3 is 0 Å². The van der Waals surface area contributed by atoms with E-state index >= 15 is 0 Å². The van der Waals surface area contributed by atoms with Gasteiger partial charge in [0.1, 0.15) is 0 Å². The molecular weight excluding hydrogens is 95.1 g/mol. The van der Waals surface area contributed by atoms with E-state index < -0.39 is 5.95 Å². The lowest BCUT2D eigenvalue weighted by Gasteiger charge is -1.99. The van der Waals surface area contributed by atoms with Crippen molar-refractivity contribution in [3.8, 4) is 0 Å². The minimum Gasteiger partial charge on any atom is -0.253 e.